The standard InChI is InChI=1S/C15H20BrN3O4/c1-9(2)7-12(14(22)17-8-13(20)21)19-15(23)18-11-5-3-10(16)4-6-11/h3-6,9,12H,7-8H2,1-2H3,(H,17,22)(H,20,21)(H2,18,19,23)/p+1/t12-/m0/s1. The molecule has 1 atom stereocenters. The zero-order chi connectivity index (χ0) is 17.4. The average molecular weight is 387 g/mol. The highest BCUT2D eigenvalue weighted by atomic mass is 79.9. The average Bonchev–Trinajstić information content (AvgIpc) is 2.46. The molecule has 0 saturated carbocycles. The molecule has 8 heteroatoms. The van der Waals surface area contributed by atoms with Crippen LogP contribution < -0.4 is 16.0 Å². The fourth-order valence-electron chi connectivity index (χ4n) is 1.85. The molecule has 1 aromatic carbocycles. The van der Waals surface area contributed by atoms with Crippen LogP contribution in [0.1, 0.15) is 20.3 Å². The first kappa shape index (κ1) is 19.0. The van der Waals surface area contributed by atoms with E-state index >= 15 is 0 Å². The summed E-state index contributed by atoms with van der Waals surface area (Å²) in [6.07, 6.45) is 0.422. The minimum atomic E-state index is -0.888. The monoisotopic (exact) mass is 386 g/mol. The van der Waals surface area contributed by atoms with Gasteiger partial charge in [0, 0.05) is 15.0 Å². The van der Waals surface area contributed by atoms with E-state index in [9.17, 15) is 14.4 Å². The van der Waals surface area contributed by atoms with Crippen LogP contribution in [0.3, 0.4) is 0 Å². The smallest absolute Gasteiger partial charge is 0.535 e. The molecule has 1 rings (SSSR count). The molecule has 0 aliphatic carbocycles. The summed E-state index contributed by atoms with van der Waals surface area (Å²) >= 11 is 3.30. The Labute approximate surface area is 143 Å². The van der Waals surface area contributed by atoms with Gasteiger partial charge in [0.25, 0.3) is 0 Å². The summed E-state index contributed by atoms with van der Waals surface area (Å²) in [5.74, 6) is -1.20. The molecule has 0 bridgehead atoms. The molecular weight excluding hydrogens is 366 g/mol. The number of hydrogen-bond donors (Lipinski definition) is 3. The van der Waals surface area contributed by atoms with E-state index in [1.54, 1.807) is 24.3 Å². The lowest BCUT2D eigenvalue weighted by atomic mass is 10.0. The minimum Gasteiger partial charge on any atom is -0.563 e. The number of hydrogen-bond acceptors (Lipinski definition) is 3. The zero-order valence-electron chi connectivity index (χ0n) is 13.0. The van der Waals surface area contributed by atoms with Crippen LogP contribution in [0.4, 0.5) is 10.5 Å². The van der Waals surface area contributed by atoms with Crippen molar-refractivity contribution >= 4 is 39.5 Å². The number of benzene rings is 1. The second kappa shape index (κ2) is 9.14. The first-order chi connectivity index (χ1) is 10.8. The molecule has 0 spiro atoms. The van der Waals surface area contributed by atoms with E-state index in [4.69, 9.17) is 5.11 Å². The highest BCUT2D eigenvalue weighted by Crippen LogP contribution is 2.14. The molecule has 126 valence electrons. The van der Waals surface area contributed by atoms with Crippen molar-refractivity contribution in [3.63, 3.8) is 0 Å². The maximum Gasteiger partial charge on any atom is 0.535 e. The molecule has 5 N–H and O–H groups in total. The van der Waals surface area contributed by atoms with Crippen molar-refractivity contribution < 1.29 is 19.5 Å². The van der Waals surface area contributed by atoms with E-state index < -0.39 is 23.9 Å². The Hall–Kier alpha value is -2.09. The van der Waals surface area contributed by atoms with Crippen molar-refractivity contribution in [2.75, 3.05) is 11.9 Å². The molecule has 1 aromatic rings. The van der Waals surface area contributed by atoms with Crippen molar-refractivity contribution in [3.8, 4) is 0 Å². The van der Waals surface area contributed by atoms with Gasteiger partial charge < -0.3 is 21.1 Å². The van der Waals surface area contributed by atoms with Gasteiger partial charge in [0.05, 0.1) is 0 Å². The van der Waals surface area contributed by atoms with Crippen LogP contribution in [0.5, 0.6) is 0 Å². The molecule has 0 aliphatic heterocycles. The summed E-state index contributed by atoms with van der Waals surface area (Å²) < 4.78 is 0.889. The maximum atomic E-state index is 12.0. The molecule has 0 fully saturated rings. The molecule has 0 saturated heterocycles. The van der Waals surface area contributed by atoms with Gasteiger partial charge in [-0.15, -0.1) is 0 Å². The van der Waals surface area contributed by atoms with Crippen LogP contribution in [-0.4, -0.2) is 35.6 Å². The molecule has 0 radical (unpaired) electrons. The number of carbonyl (C=O) groups is 3. The van der Waals surface area contributed by atoms with Crippen LogP contribution in [0.15, 0.2) is 28.7 Å². The van der Waals surface area contributed by atoms with Crippen LogP contribution in [0.2, 0.25) is 0 Å². The largest absolute Gasteiger partial charge is 0.563 e. The highest BCUT2D eigenvalue weighted by Gasteiger charge is 2.23. The summed E-state index contributed by atoms with van der Waals surface area (Å²) in [6, 6.07) is 5.73. The highest BCUT2D eigenvalue weighted by molar-refractivity contribution is 9.10. The van der Waals surface area contributed by atoms with Crippen molar-refractivity contribution in [3.05, 3.63) is 28.7 Å². The van der Waals surface area contributed by atoms with E-state index in [1.165, 1.54) is 0 Å². The van der Waals surface area contributed by atoms with Gasteiger partial charge in [0.1, 0.15) is 6.04 Å². The second-order valence-electron chi connectivity index (χ2n) is 5.43. The number of nitrogens with one attached hydrogen (secondary N) is 3. The van der Waals surface area contributed by atoms with Crippen LogP contribution >= 0.6 is 15.9 Å². The Morgan fingerprint density at radius 1 is 1.17 bits per heavy atom. The summed E-state index contributed by atoms with van der Waals surface area (Å²) in [5.41, 5.74) is 0.593. The van der Waals surface area contributed by atoms with Crippen LogP contribution in [0.25, 0.3) is 0 Å². The second-order valence-corrected chi connectivity index (χ2v) is 6.34. The fraction of sp³-hybridized carbons (Fsp3) is 0.400. The van der Waals surface area contributed by atoms with E-state index in [2.05, 4.69) is 31.9 Å². The molecular formula is C15H21BrN3O4+. The Morgan fingerprint density at radius 3 is 2.30 bits per heavy atom. The quantitative estimate of drug-likeness (QED) is 0.615. The third-order valence-corrected chi connectivity index (χ3v) is 3.38. The number of halogens is 1. The van der Waals surface area contributed by atoms with E-state index in [-0.39, 0.29) is 12.5 Å². The SMILES string of the molecule is CC(C)C[C@H](NC(=O)Nc1ccc(Br)cc1)C(=O)NCC(=O)[OH2+]. The lowest BCUT2D eigenvalue weighted by Gasteiger charge is -2.19. The molecule has 23 heavy (non-hydrogen) atoms. The van der Waals surface area contributed by atoms with Gasteiger partial charge in [-0.1, -0.05) is 29.8 Å². The van der Waals surface area contributed by atoms with Gasteiger partial charge in [0.15, 0.2) is 6.54 Å². The van der Waals surface area contributed by atoms with Crippen LogP contribution in [0, 0.1) is 5.92 Å². The number of urea groups is 1. The molecule has 7 nitrogen and oxygen atoms in total. The number of carbonyl (C=O) groups excluding carboxylic acids is 3. The Kier molecular flexibility index (Phi) is 7.53. The summed E-state index contributed by atoms with van der Waals surface area (Å²) in [7, 11) is 0. The molecule has 3 amide bonds. The lowest BCUT2D eigenvalue weighted by Crippen LogP contribution is -2.49. The predicted molar refractivity (Wildman–Crippen MR) is 91.2 cm³/mol. The van der Waals surface area contributed by atoms with Crippen molar-refractivity contribution in [1.29, 1.82) is 0 Å². The third-order valence-electron chi connectivity index (χ3n) is 2.85. The van der Waals surface area contributed by atoms with Gasteiger partial charge in [-0.25, -0.2) is 4.79 Å². The van der Waals surface area contributed by atoms with E-state index in [1.807, 2.05) is 13.8 Å². The lowest BCUT2D eigenvalue weighted by molar-refractivity contribution is -0.138. The van der Waals surface area contributed by atoms with Crippen LogP contribution in [-0.2, 0) is 9.59 Å². The fourth-order valence-corrected chi connectivity index (χ4v) is 2.12. The zero-order valence-corrected chi connectivity index (χ0v) is 14.6. The Bertz CT molecular complexity index is 560. The Morgan fingerprint density at radius 2 is 1.78 bits per heavy atom. The summed E-state index contributed by atoms with van der Waals surface area (Å²) in [5, 5.41) is 14.4. The van der Waals surface area contributed by atoms with Gasteiger partial charge in [-0.05, 0) is 36.6 Å². The first-order valence-electron chi connectivity index (χ1n) is 7.13. The van der Waals surface area contributed by atoms with Crippen molar-refractivity contribution in [1.82, 2.24) is 10.6 Å². The predicted octanol–water partition coefficient (Wildman–Crippen LogP) is 1.35. The summed E-state index contributed by atoms with van der Waals surface area (Å²) in [4.78, 5) is 34.7. The molecule has 0 aromatic heterocycles. The van der Waals surface area contributed by atoms with E-state index in [0.717, 1.165) is 4.47 Å². The molecule has 0 unspecified atom stereocenters. The number of rotatable bonds is 7. The third kappa shape index (κ3) is 7.64. The van der Waals surface area contributed by atoms with E-state index in [0.29, 0.717) is 12.1 Å². The van der Waals surface area contributed by atoms with Gasteiger partial charge >= 0.3 is 12.0 Å². The van der Waals surface area contributed by atoms with Gasteiger partial charge in [0.2, 0.25) is 5.91 Å². The van der Waals surface area contributed by atoms with Crippen molar-refractivity contribution in [2.45, 2.75) is 26.3 Å². The minimum absolute atomic E-state index is 0.172. The first-order valence-corrected chi connectivity index (χ1v) is 7.92. The molecule has 0 heterocycles. The Balaban J connectivity index is 2.64. The normalized spacial score (nSPS) is 11.7. The van der Waals surface area contributed by atoms with Gasteiger partial charge in [-0.2, -0.15) is 0 Å². The number of anilines is 1. The number of amides is 3. The topological polar surface area (TPSA) is 110 Å². The molecule has 0 aliphatic rings. The maximum absolute atomic E-state index is 12.0. The summed E-state index contributed by atoms with van der Waals surface area (Å²) in [6.45, 7) is 3.47. The van der Waals surface area contributed by atoms with Crippen molar-refractivity contribution in [2.24, 2.45) is 5.92 Å². The van der Waals surface area contributed by atoms with Gasteiger partial charge in [-0.3, -0.25) is 4.79 Å².